The first kappa shape index (κ1) is 9.21. The van der Waals surface area contributed by atoms with E-state index in [9.17, 15) is 4.79 Å². The summed E-state index contributed by atoms with van der Waals surface area (Å²) in [5, 5.41) is 2.64. The molecule has 1 heterocycles. The Bertz CT molecular complexity index is 367. The van der Waals surface area contributed by atoms with Gasteiger partial charge in [0, 0.05) is 11.8 Å². The molecule has 0 aliphatic carbocycles. The average Bonchev–Trinajstić information content (AvgIpc) is 2.64. The Morgan fingerprint density at radius 3 is 3.00 bits per heavy atom. The number of benzene rings is 1. The number of anilines is 1. The molecule has 4 nitrogen and oxygen atoms in total. The average molecular weight is 210 g/mol. The zero-order chi connectivity index (χ0) is 9.97. The van der Waals surface area contributed by atoms with Crippen molar-refractivity contribution in [2.24, 2.45) is 0 Å². The molecule has 0 fully saturated rings. The quantitative estimate of drug-likeness (QED) is 0.805. The van der Waals surface area contributed by atoms with E-state index in [1.807, 2.05) is 0 Å². The highest BCUT2D eigenvalue weighted by molar-refractivity contribution is 7.81. The van der Waals surface area contributed by atoms with E-state index in [1.54, 1.807) is 18.2 Å². The van der Waals surface area contributed by atoms with E-state index in [0.717, 1.165) is 0 Å². The van der Waals surface area contributed by atoms with Crippen molar-refractivity contribution in [3.05, 3.63) is 18.2 Å². The monoisotopic (exact) mass is 210 g/mol. The molecule has 5 heteroatoms. The summed E-state index contributed by atoms with van der Waals surface area (Å²) in [5.74, 6) is 1.20. The van der Waals surface area contributed by atoms with Crippen molar-refractivity contribution >= 4 is 24.2 Å². The minimum atomic E-state index is -0.195. The van der Waals surface area contributed by atoms with E-state index < -0.39 is 0 Å². The first-order valence-corrected chi connectivity index (χ1v) is 4.65. The maximum atomic E-state index is 11.0. The fourth-order valence-corrected chi connectivity index (χ4v) is 1.24. The Morgan fingerprint density at radius 1 is 1.43 bits per heavy atom. The zero-order valence-electron chi connectivity index (χ0n) is 7.28. The third kappa shape index (κ3) is 1.77. The summed E-state index contributed by atoms with van der Waals surface area (Å²) >= 11 is 4.61. The third-order valence-corrected chi connectivity index (χ3v) is 2.05. The smallest absolute Gasteiger partial charge is 0.235 e. The van der Waals surface area contributed by atoms with Crippen molar-refractivity contribution in [1.29, 1.82) is 0 Å². The van der Waals surface area contributed by atoms with E-state index in [4.69, 9.17) is 9.47 Å². The Morgan fingerprint density at radius 2 is 2.21 bits per heavy atom. The molecule has 0 bridgehead atoms. The molecule has 1 aliphatic heterocycles. The van der Waals surface area contributed by atoms with Crippen LogP contribution >= 0.6 is 12.6 Å². The number of rotatable bonds is 2. The number of nitrogens with one attached hydrogen (secondary N) is 1. The maximum Gasteiger partial charge on any atom is 0.235 e. The lowest BCUT2D eigenvalue weighted by Crippen LogP contribution is -2.12. The molecule has 73 valence electrons. The minimum Gasteiger partial charge on any atom is -0.454 e. The number of ether oxygens (including phenoxy) is 2. The van der Waals surface area contributed by atoms with Crippen LogP contribution in [-0.4, -0.2) is 18.5 Å². The molecule has 2 rings (SSSR count). The van der Waals surface area contributed by atoms with E-state index >= 15 is 0 Å². The largest absolute Gasteiger partial charge is 0.454 e. The second-order valence-electron chi connectivity index (χ2n) is 2.76. The summed E-state index contributed by atoms with van der Waals surface area (Å²) in [5.41, 5.74) is 0.670. The van der Waals surface area contributed by atoms with Crippen LogP contribution in [0, 0.1) is 0 Å². The molecule has 0 aromatic heterocycles. The van der Waals surface area contributed by atoms with E-state index in [0.29, 0.717) is 17.2 Å². The van der Waals surface area contributed by atoms with Gasteiger partial charge >= 0.3 is 0 Å². The van der Waals surface area contributed by atoms with Crippen molar-refractivity contribution in [3.63, 3.8) is 0 Å². The Labute approximate surface area is 86.6 Å². The van der Waals surface area contributed by atoms with Gasteiger partial charge in [-0.3, -0.25) is 4.79 Å². The van der Waals surface area contributed by atoms with Gasteiger partial charge in [-0.25, -0.2) is 0 Å². The highest BCUT2D eigenvalue weighted by Gasteiger charge is 2.13. The minimum absolute atomic E-state index is 0.0500. The molecular formula is C9H8NO3S. The molecule has 1 aliphatic rings. The molecule has 1 aromatic rings. The van der Waals surface area contributed by atoms with E-state index in [-0.39, 0.29) is 18.5 Å². The normalized spacial score (nSPS) is 12.6. The summed E-state index contributed by atoms with van der Waals surface area (Å²) in [6, 6.07) is 5.21. The standard InChI is InChI=1S/C9H8NO3S/c11-9(4-14)10-6-1-2-7-8(3-6)13-5-12-7/h1-3H,4-5H2,(H,10,11). The molecule has 14 heavy (non-hydrogen) atoms. The second-order valence-corrected chi connectivity index (χ2v) is 3.05. The van der Waals surface area contributed by atoms with Gasteiger partial charge in [0.15, 0.2) is 11.5 Å². The SMILES string of the molecule is O=C(C[S])Nc1ccc2c(c1)OCO2. The molecule has 0 saturated heterocycles. The molecule has 1 N–H and O–H groups in total. The van der Waals surface area contributed by atoms with Gasteiger partial charge in [0.2, 0.25) is 12.7 Å². The van der Waals surface area contributed by atoms with Crippen LogP contribution in [0.5, 0.6) is 11.5 Å². The first-order chi connectivity index (χ1) is 6.79. The number of amides is 1. The van der Waals surface area contributed by atoms with E-state index in [2.05, 4.69) is 17.9 Å². The van der Waals surface area contributed by atoms with Crippen LogP contribution < -0.4 is 14.8 Å². The van der Waals surface area contributed by atoms with Crippen LogP contribution in [0.15, 0.2) is 18.2 Å². The predicted octanol–water partition coefficient (Wildman–Crippen LogP) is 1.55. The molecule has 0 spiro atoms. The van der Waals surface area contributed by atoms with Crippen LogP contribution in [-0.2, 0) is 4.79 Å². The Hall–Kier alpha value is -1.36. The molecule has 0 saturated carbocycles. The zero-order valence-corrected chi connectivity index (χ0v) is 8.10. The number of hydrogen-bond donors (Lipinski definition) is 1. The van der Waals surface area contributed by atoms with Gasteiger partial charge in [-0.2, -0.15) is 0 Å². The van der Waals surface area contributed by atoms with Gasteiger partial charge < -0.3 is 14.8 Å². The topological polar surface area (TPSA) is 47.6 Å². The number of hydrogen-bond acceptors (Lipinski definition) is 3. The summed E-state index contributed by atoms with van der Waals surface area (Å²) in [6.45, 7) is 0.230. The van der Waals surface area contributed by atoms with Crippen LogP contribution in [0.4, 0.5) is 5.69 Å². The lowest BCUT2D eigenvalue weighted by atomic mass is 10.3. The molecule has 1 aromatic carbocycles. The van der Waals surface area contributed by atoms with Gasteiger partial charge in [0.05, 0.1) is 5.75 Å². The Balaban J connectivity index is 2.16. The Kier molecular flexibility index (Phi) is 2.49. The van der Waals surface area contributed by atoms with Gasteiger partial charge in [-0.15, -0.1) is 0 Å². The second kappa shape index (κ2) is 3.79. The number of fused-ring (bicyclic) bond motifs is 1. The van der Waals surface area contributed by atoms with Gasteiger partial charge in [0.1, 0.15) is 0 Å². The highest BCUT2D eigenvalue weighted by atomic mass is 32.1. The van der Waals surface area contributed by atoms with E-state index in [1.165, 1.54) is 0 Å². The third-order valence-electron chi connectivity index (χ3n) is 1.79. The van der Waals surface area contributed by atoms with Crippen molar-refractivity contribution in [2.45, 2.75) is 0 Å². The molecular weight excluding hydrogens is 202 g/mol. The van der Waals surface area contributed by atoms with Crippen LogP contribution in [0.25, 0.3) is 0 Å². The summed E-state index contributed by atoms with van der Waals surface area (Å²) in [7, 11) is 0. The van der Waals surface area contributed by atoms with Gasteiger partial charge in [0.25, 0.3) is 0 Å². The van der Waals surface area contributed by atoms with Gasteiger partial charge in [-0.1, -0.05) is 12.6 Å². The summed E-state index contributed by atoms with van der Waals surface area (Å²) < 4.78 is 10.3. The van der Waals surface area contributed by atoms with Crippen molar-refractivity contribution in [1.82, 2.24) is 0 Å². The predicted molar refractivity (Wildman–Crippen MR) is 53.7 cm³/mol. The summed E-state index contributed by atoms with van der Waals surface area (Å²) in [6.07, 6.45) is 0. The maximum absolute atomic E-state index is 11.0. The van der Waals surface area contributed by atoms with Crippen LogP contribution in [0.3, 0.4) is 0 Å². The fourth-order valence-electron chi connectivity index (χ4n) is 1.17. The highest BCUT2D eigenvalue weighted by Crippen LogP contribution is 2.34. The number of carbonyl (C=O) groups excluding carboxylic acids is 1. The van der Waals surface area contributed by atoms with Crippen molar-refractivity contribution in [2.75, 3.05) is 17.9 Å². The van der Waals surface area contributed by atoms with Gasteiger partial charge in [-0.05, 0) is 12.1 Å². The lowest BCUT2D eigenvalue weighted by molar-refractivity contribution is -0.113. The van der Waals surface area contributed by atoms with Crippen molar-refractivity contribution in [3.8, 4) is 11.5 Å². The number of carbonyl (C=O) groups is 1. The first-order valence-electron chi connectivity index (χ1n) is 4.07. The lowest BCUT2D eigenvalue weighted by Gasteiger charge is -2.03. The molecule has 1 radical (unpaired) electrons. The molecule has 0 unspecified atom stereocenters. The van der Waals surface area contributed by atoms with Crippen LogP contribution in [0.2, 0.25) is 0 Å². The molecule has 0 atom stereocenters. The fraction of sp³-hybridized carbons (Fsp3) is 0.222. The van der Waals surface area contributed by atoms with Crippen LogP contribution in [0.1, 0.15) is 0 Å². The summed E-state index contributed by atoms with van der Waals surface area (Å²) in [4.78, 5) is 11.0. The van der Waals surface area contributed by atoms with Crippen molar-refractivity contribution < 1.29 is 14.3 Å². The molecule has 1 amide bonds.